The predicted octanol–water partition coefficient (Wildman–Crippen LogP) is 4.23. The van der Waals surface area contributed by atoms with Crippen molar-refractivity contribution in [2.75, 3.05) is 0 Å². The molecule has 0 amide bonds. The summed E-state index contributed by atoms with van der Waals surface area (Å²) in [5, 5.41) is 1.73. The number of carbonyl (C=O) groups is 2. The summed E-state index contributed by atoms with van der Waals surface area (Å²) >= 11 is 0. The van der Waals surface area contributed by atoms with Gasteiger partial charge in [-0.25, -0.2) is 9.59 Å². The molecule has 1 fully saturated rings. The first-order valence-electron chi connectivity index (χ1n) is 9.01. The zero-order valence-corrected chi connectivity index (χ0v) is 16.1. The number of hydrogen-bond acceptors (Lipinski definition) is 6. The van der Waals surface area contributed by atoms with Gasteiger partial charge in [-0.2, -0.15) is 0 Å². The Kier molecular flexibility index (Phi) is 5.11. The van der Waals surface area contributed by atoms with Crippen molar-refractivity contribution in [1.82, 2.24) is 5.06 Å². The van der Waals surface area contributed by atoms with Crippen LogP contribution in [0.15, 0.2) is 53.1 Å². The summed E-state index contributed by atoms with van der Waals surface area (Å²) in [5.74, 6) is -0.697. The van der Waals surface area contributed by atoms with E-state index in [0.29, 0.717) is 18.4 Å². The Morgan fingerprint density at radius 1 is 0.963 bits per heavy atom. The second kappa shape index (κ2) is 7.19. The van der Waals surface area contributed by atoms with Gasteiger partial charge in [0.1, 0.15) is 6.10 Å². The Hall–Kier alpha value is -2.60. The normalized spacial score (nSPS) is 19.4. The van der Waals surface area contributed by atoms with E-state index in [1.165, 1.54) is 6.26 Å². The first-order chi connectivity index (χ1) is 12.7. The lowest BCUT2D eigenvalue weighted by Gasteiger charge is -2.52. The molecule has 0 bridgehead atoms. The lowest BCUT2D eigenvalue weighted by atomic mass is 9.80. The van der Waals surface area contributed by atoms with Crippen molar-refractivity contribution in [3.05, 3.63) is 60.1 Å². The van der Waals surface area contributed by atoms with E-state index in [0.717, 1.165) is 0 Å². The molecule has 3 rings (SSSR count). The van der Waals surface area contributed by atoms with Crippen molar-refractivity contribution in [2.24, 2.45) is 0 Å². The van der Waals surface area contributed by atoms with Crippen LogP contribution < -0.4 is 0 Å². The third kappa shape index (κ3) is 4.22. The van der Waals surface area contributed by atoms with Crippen LogP contribution in [0.3, 0.4) is 0 Å². The molecule has 0 unspecified atom stereocenters. The minimum absolute atomic E-state index is 0.184. The minimum Gasteiger partial charge on any atom is -0.457 e. The van der Waals surface area contributed by atoms with Gasteiger partial charge in [0.2, 0.25) is 5.76 Å². The Balaban J connectivity index is 1.72. The average Bonchev–Trinajstić information content (AvgIpc) is 3.13. The van der Waals surface area contributed by atoms with Crippen LogP contribution in [-0.4, -0.2) is 34.2 Å². The van der Waals surface area contributed by atoms with Crippen molar-refractivity contribution in [2.45, 2.75) is 57.7 Å². The van der Waals surface area contributed by atoms with Crippen LogP contribution in [-0.2, 0) is 9.57 Å². The van der Waals surface area contributed by atoms with Gasteiger partial charge >= 0.3 is 11.9 Å². The Labute approximate surface area is 159 Å². The number of ether oxygens (including phenoxy) is 1. The fraction of sp³-hybridized carbons (Fsp3) is 0.429. The summed E-state index contributed by atoms with van der Waals surface area (Å²) in [6, 6.07) is 12.1. The third-order valence-electron chi connectivity index (χ3n) is 4.73. The molecule has 27 heavy (non-hydrogen) atoms. The summed E-state index contributed by atoms with van der Waals surface area (Å²) in [4.78, 5) is 30.5. The smallest absolute Gasteiger partial charge is 0.374 e. The van der Waals surface area contributed by atoms with Crippen molar-refractivity contribution in [3.63, 3.8) is 0 Å². The van der Waals surface area contributed by atoms with Crippen LogP contribution in [0.4, 0.5) is 0 Å². The molecule has 0 spiro atoms. The van der Waals surface area contributed by atoms with E-state index in [9.17, 15) is 9.59 Å². The molecule has 1 aliphatic rings. The second-order valence-corrected chi connectivity index (χ2v) is 8.08. The van der Waals surface area contributed by atoms with Crippen LogP contribution in [0, 0.1) is 0 Å². The summed E-state index contributed by atoms with van der Waals surface area (Å²) < 4.78 is 10.8. The molecule has 1 aliphatic heterocycles. The van der Waals surface area contributed by atoms with Gasteiger partial charge in [-0.05, 0) is 52.0 Å². The van der Waals surface area contributed by atoms with Gasteiger partial charge in [-0.15, -0.1) is 5.06 Å². The molecular weight excluding hydrogens is 346 g/mol. The lowest BCUT2D eigenvalue weighted by molar-refractivity contribution is -0.255. The number of rotatable bonds is 4. The van der Waals surface area contributed by atoms with Gasteiger partial charge in [0, 0.05) is 12.8 Å². The van der Waals surface area contributed by atoms with E-state index >= 15 is 0 Å². The van der Waals surface area contributed by atoms with E-state index in [4.69, 9.17) is 14.0 Å². The topological polar surface area (TPSA) is 69.0 Å². The van der Waals surface area contributed by atoms with Crippen molar-refractivity contribution >= 4 is 11.9 Å². The van der Waals surface area contributed by atoms with Crippen molar-refractivity contribution < 1.29 is 23.6 Å². The highest BCUT2D eigenvalue weighted by Gasteiger charge is 2.49. The lowest BCUT2D eigenvalue weighted by Crippen LogP contribution is -2.62. The fourth-order valence-electron chi connectivity index (χ4n) is 3.82. The number of piperidine rings is 1. The maximum atomic E-state index is 12.5. The number of carbonyl (C=O) groups excluding carboxylic acids is 2. The van der Waals surface area contributed by atoms with Gasteiger partial charge < -0.3 is 14.0 Å². The molecule has 6 heteroatoms. The first kappa shape index (κ1) is 19.2. The standard InChI is InChI=1S/C21H25NO5/c1-20(2)13-16(26-19(24)17-11-8-12-25-17)14-21(3,4)22(20)27-18(23)15-9-6-5-7-10-15/h5-12,16H,13-14H2,1-4H3. The van der Waals surface area contributed by atoms with Crippen molar-refractivity contribution in [3.8, 4) is 0 Å². The van der Waals surface area contributed by atoms with E-state index < -0.39 is 23.0 Å². The number of nitrogens with zero attached hydrogens (tertiary/aromatic N) is 1. The van der Waals surface area contributed by atoms with Crippen LogP contribution >= 0.6 is 0 Å². The number of hydroxylamine groups is 2. The van der Waals surface area contributed by atoms with E-state index in [2.05, 4.69) is 0 Å². The summed E-state index contributed by atoms with van der Waals surface area (Å²) in [6.07, 6.45) is 2.20. The molecule has 0 radical (unpaired) electrons. The van der Waals surface area contributed by atoms with Crippen LogP contribution in [0.1, 0.15) is 61.4 Å². The van der Waals surface area contributed by atoms with Crippen molar-refractivity contribution in [1.29, 1.82) is 0 Å². The maximum absolute atomic E-state index is 12.5. The van der Waals surface area contributed by atoms with Gasteiger partial charge in [0.25, 0.3) is 0 Å². The largest absolute Gasteiger partial charge is 0.457 e. The highest BCUT2D eigenvalue weighted by Crippen LogP contribution is 2.40. The predicted molar refractivity (Wildman–Crippen MR) is 99.0 cm³/mol. The number of esters is 1. The van der Waals surface area contributed by atoms with E-state index in [1.54, 1.807) is 41.5 Å². The molecule has 0 N–H and O–H groups in total. The molecule has 2 aromatic rings. The van der Waals surface area contributed by atoms with Gasteiger partial charge in [0.15, 0.2) is 0 Å². The molecule has 0 atom stereocenters. The fourth-order valence-corrected chi connectivity index (χ4v) is 3.82. The average molecular weight is 371 g/mol. The van der Waals surface area contributed by atoms with Crippen LogP contribution in [0.25, 0.3) is 0 Å². The molecule has 6 nitrogen and oxygen atoms in total. The molecule has 1 aromatic carbocycles. The Bertz CT molecular complexity index is 777. The van der Waals surface area contributed by atoms with Gasteiger partial charge in [-0.3, -0.25) is 0 Å². The summed E-state index contributed by atoms with van der Waals surface area (Å²) in [6.45, 7) is 7.89. The zero-order valence-electron chi connectivity index (χ0n) is 16.1. The summed E-state index contributed by atoms with van der Waals surface area (Å²) in [5.41, 5.74) is -0.531. The molecule has 2 heterocycles. The van der Waals surface area contributed by atoms with Crippen LogP contribution in [0.2, 0.25) is 0 Å². The highest BCUT2D eigenvalue weighted by atomic mass is 16.7. The van der Waals surface area contributed by atoms with E-state index in [1.807, 2.05) is 33.8 Å². The third-order valence-corrected chi connectivity index (χ3v) is 4.73. The van der Waals surface area contributed by atoms with Gasteiger partial charge in [0.05, 0.1) is 22.9 Å². The number of furan rings is 1. The molecular formula is C21H25NO5. The molecule has 0 aliphatic carbocycles. The second-order valence-electron chi connectivity index (χ2n) is 8.08. The molecule has 1 saturated heterocycles. The van der Waals surface area contributed by atoms with Gasteiger partial charge in [-0.1, -0.05) is 18.2 Å². The highest BCUT2D eigenvalue weighted by molar-refractivity contribution is 5.89. The Morgan fingerprint density at radius 3 is 2.15 bits per heavy atom. The summed E-state index contributed by atoms with van der Waals surface area (Å²) in [7, 11) is 0. The SMILES string of the molecule is CC1(C)CC(OC(=O)c2ccco2)CC(C)(C)N1OC(=O)c1ccccc1. The minimum atomic E-state index is -0.514. The monoisotopic (exact) mass is 371 g/mol. The number of benzene rings is 1. The van der Waals surface area contributed by atoms with E-state index in [-0.39, 0.29) is 11.9 Å². The first-order valence-corrected chi connectivity index (χ1v) is 9.01. The Morgan fingerprint density at radius 2 is 1.59 bits per heavy atom. The molecule has 1 aromatic heterocycles. The zero-order chi connectivity index (χ0) is 19.7. The quantitative estimate of drug-likeness (QED) is 0.749. The number of hydrogen-bond donors (Lipinski definition) is 0. The van der Waals surface area contributed by atoms with Crippen LogP contribution in [0.5, 0.6) is 0 Å². The maximum Gasteiger partial charge on any atom is 0.374 e. The molecule has 144 valence electrons. The molecule has 0 saturated carbocycles.